The molecule has 9 heteroatoms. The van der Waals surface area contributed by atoms with Gasteiger partial charge in [-0.15, -0.1) is 0 Å². The maximum Gasteiger partial charge on any atom is 0.323 e. The third-order valence-corrected chi connectivity index (χ3v) is 5.59. The summed E-state index contributed by atoms with van der Waals surface area (Å²) in [5.41, 5.74) is 10.4. The van der Waals surface area contributed by atoms with Gasteiger partial charge in [0.15, 0.2) is 0 Å². The van der Waals surface area contributed by atoms with Crippen LogP contribution in [0.4, 0.5) is 22.2 Å². The van der Waals surface area contributed by atoms with Gasteiger partial charge in [0, 0.05) is 31.9 Å². The number of pyridine rings is 1. The van der Waals surface area contributed by atoms with E-state index in [-0.39, 0.29) is 0 Å². The molecule has 1 saturated heterocycles. The highest BCUT2D eigenvalue weighted by Crippen LogP contribution is 2.27. The molecule has 0 bridgehead atoms. The molecule has 1 aliphatic rings. The Morgan fingerprint density at radius 1 is 1.10 bits per heavy atom. The number of likely N-dealkylation sites (N-methyl/N-ethyl adjacent to an activating group) is 1. The lowest BCUT2D eigenvalue weighted by molar-refractivity contribution is 0.250. The third kappa shape index (κ3) is 3.49. The molecular weight excluding hydrogens is 368 g/mol. The van der Waals surface area contributed by atoms with Gasteiger partial charge < -0.3 is 20.9 Å². The number of nitrogens with zero attached hydrogens (tertiary/aromatic N) is 6. The van der Waals surface area contributed by atoms with Crippen molar-refractivity contribution in [1.29, 1.82) is 0 Å². The maximum atomic E-state index is 11.9. The monoisotopic (exact) mass is 394 g/mol. The summed E-state index contributed by atoms with van der Waals surface area (Å²) in [6, 6.07) is 3.46. The zero-order chi connectivity index (χ0) is 20.7. The molecule has 9 nitrogen and oxygen atoms in total. The number of primary amides is 1. The number of anilines is 3. The lowest BCUT2D eigenvalue weighted by atomic mass is 10.2. The van der Waals surface area contributed by atoms with E-state index in [9.17, 15) is 4.79 Å². The van der Waals surface area contributed by atoms with Crippen molar-refractivity contribution in [1.82, 2.24) is 24.4 Å². The summed E-state index contributed by atoms with van der Waals surface area (Å²) < 4.78 is 1.47. The number of rotatable bonds is 3. The summed E-state index contributed by atoms with van der Waals surface area (Å²) in [4.78, 5) is 30.2. The molecule has 0 aromatic carbocycles. The number of nitrogens with two attached hydrogens (primary N) is 1. The molecule has 29 heavy (non-hydrogen) atoms. The van der Waals surface area contributed by atoms with Gasteiger partial charge in [0.2, 0.25) is 5.95 Å². The van der Waals surface area contributed by atoms with Crippen LogP contribution >= 0.6 is 0 Å². The SMILES string of the molecule is Cc1c(C)n(C(N)=O)c2c(C)nc(Nc3ccc(N4CCN(C)CC4)cn3)nc12. The molecule has 4 rings (SSSR count). The van der Waals surface area contributed by atoms with E-state index >= 15 is 0 Å². The Morgan fingerprint density at radius 2 is 1.83 bits per heavy atom. The fourth-order valence-electron chi connectivity index (χ4n) is 3.76. The molecule has 0 unspecified atom stereocenters. The number of aromatic nitrogens is 4. The second-order valence-corrected chi connectivity index (χ2v) is 7.53. The summed E-state index contributed by atoms with van der Waals surface area (Å²) in [6.07, 6.45) is 1.87. The first-order valence-electron chi connectivity index (χ1n) is 9.67. The highest BCUT2D eigenvalue weighted by Gasteiger charge is 2.19. The molecule has 0 atom stereocenters. The number of carbonyl (C=O) groups is 1. The number of hydrogen-bond acceptors (Lipinski definition) is 7. The average molecular weight is 394 g/mol. The van der Waals surface area contributed by atoms with Crippen LogP contribution in [-0.4, -0.2) is 63.7 Å². The van der Waals surface area contributed by atoms with Crippen molar-refractivity contribution >= 4 is 34.5 Å². The van der Waals surface area contributed by atoms with E-state index in [1.807, 2.05) is 33.0 Å². The van der Waals surface area contributed by atoms with E-state index < -0.39 is 6.03 Å². The topological polar surface area (TPSA) is 105 Å². The molecular formula is C20H26N8O. The van der Waals surface area contributed by atoms with E-state index in [2.05, 4.69) is 43.2 Å². The number of nitrogens with one attached hydrogen (secondary N) is 1. The van der Waals surface area contributed by atoms with Gasteiger partial charge in [0.1, 0.15) is 5.82 Å². The minimum absolute atomic E-state index is 0.444. The first-order valence-corrected chi connectivity index (χ1v) is 9.67. The molecule has 1 fully saturated rings. The van der Waals surface area contributed by atoms with E-state index in [4.69, 9.17) is 5.73 Å². The Labute approximate surface area is 169 Å². The lowest BCUT2D eigenvalue weighted by Crippen LogP contribution is -2.44. The van der Waals surface area contributed by atoms with Crippen LogP contribution in [0.5, 0.6) is 0 Å². The molecule has 3 aromatic heterocycles. The largest absolute Gasteiger partial charge is 0.368 e. The van der Waals surface area contributed by atoms with Crippen LogP contribution in [0.2, 0.25) is 0 Å². The standard InChI is InChI=1S/C20H26N8O/c1-12-14(3)28(19(21)29)18-13(2)23-20(25-17(12)18)24-16-6-5-15(11-22-16)27-9-7-26(4)8-10-27/h5-6,11H,7-10H2,1-4H3,(H2,21,29)(H,22,23,24,25). The molecule has 3 aromatic rings. The summed E-state index contributed by atoms with van der Waals surface area (Å²) in [5, 5.41) is 3.17. The summed E-state index contributed by atoms with van der Waals surface area (Å²) in [7, 11) is 2.14. The van der Waals surface area contributed by atoms with E-state index in [0.717, 1.165) is 43.1 Å². The zero-order valence-corrected chi connectivity index (χ0v) is 17.2. The van der Waals surface area contributed by atoms with Crippen molar-refractivity contribution in [2.75, 3.05) is 43.4 Å². The van der Waals surface area contributed by atoms with Crippen LogP contribution in [0, 0.1) is 20.8 Å². The first-order chi connectivity index (χ1) is 13.8. The molecule has 152 valence electrons. The predicted molar refractivity (Wildman–Crippen MR) is 114 cm³/mol. The minimum Gasteiger partial charge on any atom is -0.368 e. The molecule has 4 heterocycles. The van der Waals surface area contributed by atoms with E-state index in [1.54, 1.807) is 0 Å². The van der Waals surface area contributed by atoms with Crippen LogP contribution in [0.25, 0.3) is 11.0 Å². The third-order valence-electron chi connectivity index (χ3n) is 5.59. The van der Waals surface area contributed by atoms with Gasteiger partial charge in [0.05, 0.1) is 28.6 Å². The van der Waals surface area contributed by atoms with Gasteiger partial charge in [-0.05, 0) is 45.5 Å². The first kappa shape index (κ1) is 19.1. The van der Waals surface area contributed by atoms with Gasteiger partial charge in [0.25, 0.3) is 0 Å². The Hall–Kier alpha value is -3.20. The Kier molecular flexibility index (Phi) is 4.83. The van der Waals surface area contributed by atoms with Crippen molar-refractivity contribution < 1.29 is 4.79 Å². The number of carbonyl (C=O) groups excluding carboxylic acids is 1. The van der Waals surface area contributed by atoms with Gasteiger partial charge in [-0.2, -0.15) is 0 Å². The highest BCUT2D eigenvalue weighted by molar-refractivity contribution is 5.94. The zero-order valence-electron chi connectivity index (χ0n) is 17.2. The number of hydrogen-bond donors (Lipinski definition) is 2. The van der Waals surface area contributed by atoms with E-state index in [1.165, 1.54) is 4.57 Å². The second-order valence-electron chi connectivity index (χ2n) is 7.53. The lowest BCUT2D eigenvalue weighted by Gasteiger charge is -2.33. The van der Waals surface area contributed by atoms with Crippen LogP contribution in [0.15, 0.2) is 18.3 Å². The number of aryl methyl sites for hydroxylation is 2. The normalized spacial score (nSPS) is 15.1. The fourth-order valence-corrected chi connectivity index (χ4v) is 3.76. The second kappa shape index (κ2) is 7.32. The van der Waals surface area contributed by atoms with Crippen LogP contribution in [0.1, 0.15) is 17.0 Å². The highest BCUT2D eigenvalue weighted by atomic mass is 16.2. The molecule has 0 radical (unpaired) electrons. The van der Waals surface area contributed by atoms with Gasteiger partial charge in [-0.3, -0.25) is 4.57 Å². The summed E-state index contributed by atoms with van der Waals surface area (Å²) in [5.74, 6) is 1.12. The van der Waals surface area contributed by atoms with Crippen molar-refractivity contribution in [3.63, 3.8) is 0 Å². The summed E-state index contributed by atoms with van der Waals surface area (Å²) >= 11 is 0. The summed E-state index contributed by atoms with van der Waals surface area (Å²) in [6.45, 7) is 9.73. The molecule has 1 aliphatic heterocycles. The predicted octanol–water partition coefficient (Wildman–Crippen LogP) is 2.17. The van der Waals surface area contributed by atoms with Crippen LogP contribution < -0.4 is 16.0 Å². The number of piperazine rings is 1. The Morgan fingerprint density at radius 3 is 2.45 bits per heavy atom. The number of fused-ring (bicyclic) bond motifs is 1. The fraction of sp³-hybridized carbons (Fsp3) is 0.400. The van der Waals surface area contributed by atoms with Gasteiger partial charge in [-0.25, -0.2) is 19.7 Å². The molecule has 0 spiro atoms. The average Bonchev–Trinajstić information content (AvgIpc) is 2.95. The van der Waals surface area contributed by atoms with E-state index in [0.29, 0.717) is 28.5 Å². The van der Waals surface area contributed by atoms with Gasteiger partial charge >= 0.3 is 6.03 Å². The molecule has 0 saturated carbocycles. The Balaban J connectivity index is 1.60. The molecule has 0 aliphatic carbocycles. The molecule has 1 amide bonds. The molecule has 3 N–H and O–H groups in total. The van der Waals surface area contributed by atoms with Crippen molar-refractivity contribution in [3.8, 4) is 0 Å². The smallest absolute Gasteiger partial charge is 0.323 e. The van der Waals surface area contributed by atoms with Crippen molar-refractivity contribution in [2.24, 2.45) is 5.73 Å². The number of amides is 1. The quantitative estimate of drug-likeness (QED) is 0.701. The van der Waals surface area contributed by atoms with Crippen molar-refractivity contribution in [3.05, 3.63) is 35.3 Å². The van der Waals surface area contributed by atoms with Gasteiger partial charge in [-0.1, -0.05) is 0 Å². The Bertz CT molecular complexity index is 1060. The van der Waals surface area contributed by atoms with Crippen LogP contribution in [0.3, 0.4) is 0 Å². The minimum atomic E-state index is -0.533. The van der Waals surface area contributed by atoms with Crippen molar-refractivity contribution in [2.45, 2.75) is 20.8 Å². The maximum absolute atomic E-state index is 11.9. The van der Waals surface area contributed by atoms with Crippen LogP contribution in [-0.2, 0) is 0 Å².